The van der Waals surface area contributed by atoms with Crippen molar-refractivity contribution in [1.82, 2.24) is 19.9 Å². The van der Waals surface area contributed by atoms with Gasteiger partial charge in [0.05, 0.1) is 22.1 Å². The molecule has 8 rings (SSSR count). The highest BCUT2D eigenvalue weighted by atomic mass is 28.3. The summed E-state index contributed by atoms with van der Waals surface area (Å²) in [7, 11) is -4.74. The van der Waals surface area contributed by atoms with Gasteiger partial charge in [0.2, 0.25) is 0 Å². The molecule has 0 radical (unpaired) electrons. The van der Waals surface area contributed by atoms with Gasteiger partial charge in [-0.1, -0.05) is 94.9 Å². The Morgan fingerprint density at radius 2 is 0.531 bits per heavy atom. The zero-order valence-electron chi connectivity index (χ0n) is 37.8. The second kappa shape index (κ2) is 15.6. The molecule has 0 aliphatic heterocycles. The summed E-state index contributed by atoms with van der Waals surface area (Å²) in [6.07, 6.45) is 0. The summed E-state index contributed by atoms with van der Waals surface area (Å²) < 4.78 is 123. The first-order valence-corrected chi connectivity index (χ1v) is 26.2. The Labute approximate surface area is 367 Å². The fourth-order valence-electron chi connectivity index (χ4n) is 11.3. The molecule has 0 amide bonds. The normalized spacial score (nSPS) is 13.0. The number of aromatic amines is 4. The van der Waals surface area contributed by atoms with Crippen LogP contribution in [0.4, 0.5) is 35.1 Å². The number of benzene rings is 6. The Kier molecular flexibility index (Phi) is 11.0. The van der Waals surface area contributed by atoms with Gasteiger partial charge >= 0.3 is 0 Å². The van der Waals surface area contributed by atoms with Gasteiger partial charge in [0.15, 0.2) is 46.5 Å². The van der Waals surface area contributed by atoms with E-state index in [0.717, 1.165) is 0 Å². The lowest BCUT2D eigenvalue weighted by atomic mass is 9.88. The van der Waals surface area contributed by atoms with Crippen molar-refractivity contribution in [2.75, 3.05) is 0 Å². The summed E-state index contributed by atoms with van der Waals surface area (Å²) in [4.78, 5) is 11.6. The molecule has 6 aromatic carbocycles. The van der Waals surface area contributed by atoms with Crippen LogP contribution in [0.2, 0.25) is 33.2 Å². The van der Waals surface area contributed by atoms with Crippen molar-refractivity contribution in [2.24, 2.45) is 0 Å². The van der Waals surface area contributed by atoms with E-state index >= 15 is 17.6 Å². The minimum atomic E-state index is -2.37. The first-order valence-electron chi connectivity index (χ1n) is 21.7. The van der Waals surface area contributed by atoms with Crippen LogP contribution in [-0.4, -0.2) is 36.1 Å². The Morgan fingerprint density at radius 1 is 0.328 bits per heavy atom. The predicted octanol–water partition coefficient (Wildman–Crippen LogP) is 15.9. The van der Waals surface area contributed by atoms with Gasteiger partial charge < -0.3 is 19.9 Å². The predicted molar refractivity (Wildman–Crippen MR) is 251 cm³/mol. The molecule has 0 aliphatic rings. The summed E-state index contributed by atoms with van der Waals surface area (Å²) in [5.74, 6) is -7.69. The first kappa shape index (κ1) is 45.1. The summed E-state index contributed by atoms with van der Waals surface area (Å²) in [5.41, 5.74) is 7.91. The summed E-state index contributed by atoms with van der Waals surface area (Å²) in [5, 5.41) is 2.54. The smallest absolute Gasteiger partial charge is 0.199 e. The number of H-pyrrole nitrogens is 4. The number of rotatable bonds is 6. The van der Waals surface area contributed by atoms with Crippen LogP contribution in [0.15, 0.2) is 24.3 Å². The maximum absolute atomic E-state index is 15.7. The summed E-state index contributed by atoms with van der Waals surface area (Å²) in [6.45, 7) is 25.9. The Balaban J connectivity index is 1.67. The topological polar surface area (TPSA) is 63.2 Å². The number of aromatic nitrogens is 4. The van der Waals surface area contributed by atoms with Crippen LogP contribution in [0.1, 0.15) is 94.2 Å². The van der Waals surface area contributed by atoms with E-state index in [2.05, 4.69) is 126 Å². The van der Waals surface area contributed by atoms with Gasteiger partial charge in [-0.15, -0.1) is 11.1 Å². The van der Waals surface area contributed by atoms with E-state index in [0.29, 0.717) is 43.4 Å². The van der Waals surface area contributed by atoms with Crippen molar-refractivity contribution in [3.05, 3.63) is 81.9 Å². The van der Waals surface area contributed by atoms with Gasteiger partial charge in [-0.25, -0.2) is 35.1 Å². The first-order chi connectivity index (χ1) is 30.0. The fraction of sp³-hybridized carbons (Fsp3) is 0.360. The van der Waals surface area contributed by atoms with Crippen molar-refractivity contribution in [1.29, 1.82) is 0 Å². The molecular formula is C50H50F8N4Si2. The molecule has 2 aromatic heterocycles. The SMILES string of the molecule is CC(C)[Si](C#Cc1cc2c3[nH]c4c(F)c(F)c(F)c(F)c4[nH]c3c3cc(C#C[Si](C(C)C)(C(C)C)C(C)C)cc4c5[nH]c6c(F)c(F)c(F)c(F)c6[nH]c5c(c1)c2c34)(C(C)C)C(C)C. The second-order valence-electron chi connectivity index (χ2n) is 19.2. The number of hydrogen-bond donors (Lipinski definition) is 4. The van der Waals surface area contributed by atoms with Crippen LogP contribution in [-0.2, 0) is 0 Å². The van der Waals surface area contributed by atoms with Crippen LogP contribution >= 0.6 is 0 Å². The average Bonchev–Trinajstić information content (AvgIpc) is 3.24. The van der Waals surface area contributed by atoms with E-state index in [-0.39, 0.29) is 55.3 Å². The zero-order chi connectivity index (χ0) is 46.8. The molecule has 334 valence electrons. The molecule has 4 nitrogen and oxygen atoms in total. The maximum atomic E-state index is 15.7. The molecule has 0 aliphatic carbocycles. The van der Waals surface area contributed by atoms with Crippen molar-refractivity contribution in [2.45, 2.75) is 116 Å². The molecule has 0 saturated carbocycles. The highest BCUT2D eigenvalue weighted by molar-refractivity contribution is 6.91. The Bertz CT molecular complexity index is 2990. The van der Waals surface area contributed by atoms with Gasteiger partial charge in [-0.05, 0) is 57.5 Å². The third kappa shape index (κ3) is 6.29. The molecule has 2 heterocycles. The van der Waals surface area contributed by atoms with Gasteiger partial charge in [0, 0.05) is 43.4 Å². The van der Waals surface area contributed by atoms with E-state index < -0.39 is 84.8 Å². The van der Waals surface area contributed by atoms with E-state index in [4.69, 9.17) is 0 Å². The molecule has 0 unspecified atom stereocenters. The molecule has 14 heteroatoms. The van der Waals surface area contributed by atoms with Crippen LogP contribution in [0.3, 0.4) is 0 Å². The largest absolute Gasteiger partial charge is 0.349 e. The minimum Gasteiger partial charge on any atom is -0.349 e. The molecule has 4 N–H and O–H groups in total. The van der Waals surface area contributed by atoms with E-state index in [9.17, 15) is 17.6 Å². The van der Waals surface area contributed by atoms with E-state index in [1.165, 1.54) is 0 Å². The quantitative estimate of drug-likeness (QED) is 0.0244. The molecule has 8 aromatic rings. The van der Waals surface area contributed by atoms with Crippen molar-refractivity contribution in [3.63, 3.8) is 0 Å². The lowest BCUT2D eigenvalue weighted by Gasteiger charge is -2.38. The number of nitrogens with one attached hydrogen (secondary N) is 4. The fourth-order valence-corrected chi connectivity index (χ4v) is 21.7. The molecule has 0 bridgehead atoms. The van der Waals surface area contributed by atoms with Crippen molar-refractivity contribution < 1.29 is 35.1 Å². The van der Waals surface area contributed by atoms with Crippen molar-refractivity contribution >= 4 is 92.6 Å². The van der Waals surface area contributed by atoms with Crippen LogP contribution in [0, 0.1) is 69.5 Å². The third-order valence-corrected chi connectivity index (χ3v) is 26.8. The zero-order valence-corrected chi connectivity index (χ0v) is 39.8. The maximum Gasteiger partial charge on any atom is 0.199 e. The van der Waals surface area contributed by atoms with Crippen LogP contribution in [0.5, 0.6) is 0 Å². The standard InChI is InChI=1S/C50H50F8N4Si2/c1-21(2)63(22(3)4,23(5)6)15-13-27-17-29-33-30(18-27)44-46(62-50-42(58)38(54)36(52)40(56)48(50)60-44)32-20-28(14-16-64(24(7)8,25(9)10)26(11)12)19-31(34(32)33)45-43(29)59-47-39(55)35(51)37(53)41(57)49(47)61-45/h17-26,59-62H,1-12H3. The van der Waals surface area contributed by atoms with Crippen molar-refractivity contribution in [3.8, 4) is 22.9 Å². The average molecular weight is 915 g/mol. The highest BCUT2D eigenvalue weighted by Gasteiger charge is 2.43. The summed E-state index contributed by atoms with van der Waals surface area (Å²) in [6, 6.07) is 7.09. The Hall–Kier alpha value is -5.45. The number of hydrogen-bond acceptors (Lipinski definition) is 0. The molecule has 0 fully saturated rings. The molecule has 0 spiro atoms. The van der Waals surface area contributed by atoms with Gasteiger partial charge in [0.1, 0.15) is 38.2 Å². The molecule has 0 atom stereocenters. The monoisotopic (exact) mass is 914 g/mol. The van der Waals surface area contributed by atoms with Gasteiger partial charge in [0.25, 0.3) is 0 Å². The Morgan fingerprint density at radius 3 is 0.719 bits per heavy atom. The summed E-state index contributed by atoms with van der Waals surface area (Å²) >= 11 is 0. The number of fused-ring (bicyclic) bond motifs is 8. The minimum absolute atomic E-state index is 0.175. The van der Waals surface area contributed by atoms with Crippen LogP contribution in [0.25, 0.3) is 76.5 Å². The highest BCUT2D eigenvalue weighted by Crippen LogP contribution is 2.47. The third-order valence-electron chi connectivity index (χ3n) is 14.2. The van der Waals surface area contributed by atoms with Gasteiger partial charge in [-0.3, -0.25) is 0 Å². The molecule has 64 heavy (non-hydrogen) atoms. The molecular weight excluding hydrogens is 865 g/mol. The van der Waals surface area contributed by atoms with E-state index in [1.54, 1.807) is 24.3 Å². The van der Waals surface area contributed by atoms with E-state index in [1.807, 2.05) is 0 Å². The number of halogens is 8. The lowest BCUT2D eigenvalue weighted by Crippen LogP contribution is -2.43. The van der Waals surface area contributed by atoms with Crippen LogP contribution < -0.4 is 0 Å². The van der Waals surface area contributed by atoms with Gasteiger partial charge in [-0.2, -0.15) is 0 Å². The molecule has 0 saturated heterocycles. The lowest BCUT2D eigenvalue weighted by molar-refractivity contribution is 0.416. The second-order valence-corrected chi connectivity index (χ2v) is 30.4.